The lowest BCUT2D eigenvalue weighted by Crippen LogP contribution is -2.38. The molecule has 2 aromatic rings. The summed E-state index contributed by atoms with van der Waals surface area (Å²) < 4.78 is 0. The quantitative estimate of drug-likeness (QED) is 0.915. The Bertz CT molecular complexity index is 610. The molecule has 21 heavy (non-hydrogen) atoms. The van der Waals surface area contributed by atoms with Crippen LogP contribution >= 0.6 is 0 Å². The summed E-state index contributed by atoms with van der Waals surface area (Å²) in [4.78, 5) is 17.1. The van der Waals surface area contributed by atoms with Crippen LogP contribution in [0.1, 0.15) is 24.5 Å². The molecule has 1 aliphatic heterocycles. The number of carbonyl (C=O) groups is 1. The standard InChI is InChI=1S/C17H18N2O2/c20-17(21)19-10-4-7-15(12-19)16-9-8-14(11-18-16)13-5-2-1-3-6-13/h1-3,5-6,8-9,11,15H,4,7,10,12H2,(H,20,21). The monoisotopic (exact) mass is 282 g/mol. The molecule has 1 unspecified atom stereocenters. The number of pyridine rings is 1. The van der Waals surface area contributed by atoms with Crippen LogP contribution in [0.4, 0.5) is 4.79 Å². The van der Waals surface area contributed by atoms with Crippen molar-refractivity contribution in [2.75, 3.05) is 13.1 Å². The van der Waals surface area contributed by atoms with E-state index in [1.807, 2.05) is 30.5 Å². The number of likely N-dealkylation sites (tertiary alicyclic amines) is 1. The van der Waals surface area contributed by atoms with Gasteiger partial charge in [0.1, 0.15) is 0 Å². The third kappa shape index (κ3) is 3.05. The van der Waals surface area contributed by atoms with E-state index in [0.29, 0.717) is 13.1 Å². The minimum atomic E-state index is -0.833. The number of amides is 1. The van der Waals surface area contributed by atoms with Gasteiger partial charge < -0.3 is 10.0 Å². The van der Waals surface area contributed by atoms with Gasteiger partial charge in [-0.2, -0.15) is 0 Å². The van der Waals surface area contributed by atoms with Crippen molar-refractivity contribution in [1.82, 2.24) is 9.88 Å². The lowest BCUT2D eigenvalue weighted by atomic mass is 9.94. The van der Waals surface area contributed by atoms with E-state index in [9.17, 15) is 4.79 Å². The Hall–Kier alpha value is -2.36. The van der Waals surface area contributed by atoms with Gasteiger partial charge in [0.2, 0.25) is 0 Å². The van der Waals surface area contributed by atoms with Gasteiger partial charge in [0.15, 0.2) is 0 Å². The summed E-state index contributed by atoms with van der Waals surface area (Å²) in [5.41, 5.74) is 3.22. The Balaban J connectivity index is 1.76. The average Bonchev–Trinajstić information content (AvgIpc) is 2.56. The zero-order chi connectivity index (χ0) is 14.7. The number of hydrogen-bond acceptors (Lipinski definition) is 2. The van der Waals surface area contributed by atoms with E-state index < -0.39 is 6.09 Å². The van der Waals surface area contributed by atoms with E-state index in [-0.39, 0.29) is 5.92 Å². The van der Waals surface area contributed by atoms with Crippen molar-refractivity contribution in [3.05, 3.63) is 54.4 Å². The summed E-state index contributed by atoms with van der Waals surface area (Å²) in [7, 11) is 0. The highest BCUT2D eigenvalue weighted by molar-refractivity contribution is 5.65. The van der Waals surface area contributed by atoms with E-state index in [0.717, 1.165) is 29.7 Å². The maximum absolute atomic E-state index is 11.1. The van der Waals surface area contributed by atoms with E-state index in [1.165, 1.54) is 4.90 Å². The molecule has 1 atom stereocenters. The van der Waals surface area contributed by atoms with Crippen molar-refractivity contribution >= 4 is 6.09 Å². The van der Waals surface area contributed by atoms with Crippen LogP contribution in [0.2, 0.25) is 0 Å². The molecule has 108 valence electrons. The van der Waals surface area contributed by atoms with Crippen molar-refractivity contribution in [3.63, 3.8) is 0 Å². The molecule has 1 N–H and O–H groups in total. The second-order valence-corrected chi connectivity index (χ2v) is 5.41. The second kappa shape index (κ2) is 5.95. The smallest absolute Gasteiger partial charge is 0.407 e. The molecule has 4 heteroatoms. The average molecular weight is 282 g/mol. The molecule has 1 aromatic carbocycles. The summed E-state index contributed by atoms with van der Waals surface area (Å²) in [6, 6.07) is 14.2. The summed E-state index contributed by atoms with van der Waals surface area (Å²) in [6.07, 6.45) is 2.95. The molecule has 0 radical (unpaired) electrons. The SMILES string of the molecule is O=C(O)N1CCCC(c2ccc(-c3ccccc3)cn2)C1. The molecular formula is C17H18N2O2. The van der Waals surface area contributed by atoms with Crippen LogP contribution in [0.3, 0.4) is 0 Å². The van der Waals surface area contributed by atoms with Crippen LogP contribution in [0.25, 0.3) is 11.1 Å². The van der Waals surface area contributed by atoms with Crippen molar-refractivity contribution < 1.29 is 9.90 Å². The molecule has 4 nitrogen and oxygen atoms in total. The first kappa shape index (κ1) is 13.6. The highest BCUT2D eigenvalue weighted by atomic mass is 16.4. The molecule has 0 bridgehead atoms. The first-order valence-corrected chi connectivity index (χ1v) is 7.23. The molecule has 1 saturated heterocycles. The normalized spacial score (nSPS) is 18.5. The third-order valence-electron chi connectivity index (χ3n) is 4.00. The van der Waals surface area contributed by atoms with Crippen molar-refractivity contribution in [1.29, 1.82) is 0 Å². The zero-order valence-electron chi connectivity index (χ0n) is 11.8. The van der Waals surface area contributed by atoms with Crippen LogP contribution in [-0.4, -0.2) is 34.2 Å². The molecular weight excluding hydrogens is 264 g/mol. The van der Waals surface area contributed by atoms with Crippen molar-refractivity contribution in [2.45, 2.75) is 18.8 Å². The van der Waals surface area contributed by atoms with E-state index in [4.69, 9.17) is 5.11 Å². The number of piperidine rings is 1. The van der Waals surface area contributed by atoms with Gasteiger partial charge in [-0.05, 0) is 24.5 Å². The second-order valence-electron chi connectivity index (χ2n) is 5.41. The van der Waals surface area contributed by atoms with Gasteiger partial charge in [0, 0.05) is 36.5 Å². The predicted molar refractivity (Wildman–Crippen MR) is 81.2 cm³/mol. The first-order chi connectivity index (χ1) is 10.2. The van der Waals surface area contributed by atoms with E-state index >= 15 is 0 Å². The number of rotatable bonds is 2. The van der Waals surface area contributed by atoms with E-state index in [1.54, 1.807) is 0 Å². The molecule has 2 heterocycles. The fraction of sp³-hybridized carbons (Fsp3) is 0.294. The maximum atomic E-state index is 11.1. The Kier molecular flexibility index (Phi) is 3.86. The van der Waals surface area contributed by atoms with Crippen LogP contribution in [-0.2, 0) is 0 Å². The Morgan fingerprint density at radius 1 is 1.14 bits per heavy atom. The zero-order valence-corrected chi connectivity index (χ0v) is 11.8. The van der Waals surface area contributed by atoms with Gasteiger partial charge in [0.05, 0.1) is 0 Å². The van der Waals surface area contributed by atoms with Gasteiger partial charge in [-0.3, -0.25) is 4.98 Å². The number of aromatic nitrogens is 1. The van der Waals surface area contributed by atoms with Crippen LogP contribution in [0.15, 0.2) is 48.7 Å². The topological polar surface area (TPSA) is 53.4 Å². The maximum Gasteiger partial charge on any atom is 0.407 e. The molecule has 3 rings (SSSR count). The molecule has 0 spiro atoms. The predicted octanol–water partition coefficient (Wildman–Crippen LogP) is 3.61. The number of hydrogen-bond donors (Lipinski definition) is 1. The van der Waals surface area contributed by atoms with Crippen molar-refractivity contribution in [2.24, 2.45) is 0 Å². The Labute approximate surface area is 124 Å². The molecule has 1 aliphatic rings. The number of carboxylic acid groups (broad SMARTS) is 1. The third-order valence-corrected chi connectivity index (χ3v) is 4.00. The fourth-order valence-electron chi connectivity index (χ4n) is 2.84. The molecule has 1 amide bonds. The number of benzene rings is 1. The summed E-state index contributed by atoms with van der Waals surface area (Å²) >= 11 is 0. The van der Waals surface area contributed by atoms with Crippen LogP contribution < -0.4 is 0 Å². The van der Waals surface area contributed by atoms with Crippen LogP contribution in [0.5, 0.6) is 0 Å². The van der Waals surface area contributed by atoms with Crippen LogP contribution in [0, 0.1) is 0 Å². The van der Waals surface area contributed by atoms with E-state index in [2.05, 4.69) is 23.2 Å². The highest BCUT2D eigenvalue weighted by Crippen LogP contribution is 2.27. The molecule has 0 saturated carbocycles. The first-order valence-electron chi connectivity index (χ1n) is 7.23. The van der Waals surface area contributed by atoms with Gasteiger partial charge in [-0.1, -0.05) is 36.4 Å². The molecule has 1 aromatic heterocycles. The van der Waals surface area contributed by atoms with Gasteiger partial charge >= 0.3 is 6.09 Å². The minimum absolute atomic E-state index is 0.208. The molecule has 1 fully saturated rings. The Morgan fingerprint density at radius 3 is 2.62 bits per heavy atom. The van der Waals surface area contributed by atoms with Gasteiger partial charge in [-0.25, -0.2) is 4.79 Å². The minimum Gasteiger partial charge on any atom is -0.465 e. The van der Waals surface area contributed by atoms with Gasteiger partial charge in [0.25, 0.3) is 0 Å². The Morgan fingerprint density at radius 2 is 1.95 bits per heavy atom. The summed E-state index contributed by atoms with van der Waals surface area (Å²) in [6.45, 7) is 1.18. The summed E-state index contributed by atoms with van der Waals surface area (Å²) in [5, 5.41) is 9.10. The fourth-order valence-corrected chi connectivity index (χ4v) is 2.84. The highest BCUT2D eigenvalue weighted by Gasteiger charge is 2.25. The largest absolute Gasteiger partial charge is 0.465 e. The van der Waals surface area contributed by atoms with Crippen molar-refractivity contribution in [3.8, 4) is 11.1 Å². The lowest BCUT2D eigenvalue weighted by Gasteiger charge is -2.30. The molecule has 0 aliphatic carbocycles. The summed E-state index contributed by atoms with van der Waals surface area (Å²) in [5.74, 6) is 0.208. The lowest BCUT2D eigenvalue weighted by molar-refractivity contribution is 0.130. The number of nitrogens with zero attached hydrogens (tertiary/aromatic N) is 2. The van der Waals surface area contributed by atoms with Gasteiger partial charge in [-0.15, -0.1) is 0 Å².